The number of halogens is 4. The molecule has 1 amide bonds. The highest BCUT2D eigenvalue weighted by Gasteiger charge is 2.34. The summed E-state index contributed by atoms with van der Waals surface area (Å²) in [6.07, 6.45) is -3.13. The molecule has 1 saturated heterocycles. The van der Waals surface area contributed by atoms with Gasteiger partial charge in [-0.3, -0.25) is 4.79 Å². The molecule has 0 saturated carbocycles. The van der Waals surface area contributed by atoms with Crippen molar-refractivity contribution in [1.82, 2.24) is 10.2 Å². The molecule has 34 heavy (non-hydrogen) atoms. The van der Waals surface area contributed by atoms with E-state index in [1.807, 2.05) is 0 Å². The standard InChI is InChI=1S/C22H26F4N6O2/c1-12(33)32-6-4-18(30-14-5-7-34-11-14)16(10-32)21(29)31-19-3-2-13(8-17(19)23)15(9-27)20(28)22(24,25)26/h2-3,8-9,14,27,30H,4-7,10-11,28H2,1H3,(H2,29,31). The number of carbonyl (C=O) groups is 1. The molecule has 1 unspecified atom stereocenters. The number of nitrogens with two attached hydrogens (primary N) is 2. The molecule has 0 bridgehead atoms. The highest BCUT2D eigenvalue weighted by molar-refractivity contribution is 6.09. The number of aliphatic imine (C=N–C) groups is 1. The van der Waals surface area contributed by atoms with E-state index in [9.17, 15) is 22.4 Å². The van der Waals surface area contributed by atoms with Crippen LogP contribution in [0.5, 0.6) is 0 Å². The number of alkyl halides is 3. The van der Waals surface area contributed by atoms with Crippen molar-refractivity contribution in [3.8, 4) is 0 Å². The summed E-state index contributed by atoms with van der Waals surface area (Å²) >= 11 is 0. The van der Waals surface area contributed by atoms with Gasteiger partial charge in [-0.15, -0.1) is 0 Å². The van der Waals surface area contributed by atoms with Gasteiger partial charge in [0.25, 0.3) is 0 Å². The first-order chi connectivity index (χ1) is 16.0. The van der Waals surface area contributed by atoms with Crippen LogP contribution in [0.4, 0.5) is 23.2 Å². The topological polar surface area (TPSA) is 130 Å². The lowest BCUT2D eigenvalue weighted by atomic mass is 10.0. The smallest absolute Gasteiger partial charge is 0.394 e. The number of hydrogen-bond donors (Lipinski definition) is 4. The molecule has 0 aliphatic carbocycles. The molecule has 2 aliphatic heterocycles. The normalized spacial score (nSPS) is 20.3. The van der Waals surface area contributed by atoms with Gasteiger partial charge >= 0.3 is 6.18 Å². The zero-order valence-electron chi connectivity index (χ0n) is 18.5. The Balaban J connectivity index is 1.95. The number of nitrogens with zero attached hydrogens (tertiary/aromatic N) is 2. The molecule has 0 radical (unpaired) electrons. The summed E-state index contributed by atoms with van der Waals surface area (Å²) in [5.41, 5.74) is 10.1. The average molecular weight is 482 g/mol. The van der Waals surface area contributed by atoms with E-state index in [1.165, 1.54) is 13.0 Å². The maximum atomic E-state index is 14.8. The summed E-state index contributed by atoms with van der Waals surface area (Å²) in [6, 6.07) is 3.25. The molecular weight excluding hydrogens is 456 g/mol. The fourth-order valence-electron chi connectivity index (χ4n) is 3.75. The second-order valence-corrected chi connectivity index (χ2v) is 7.99. The van der Waals surface area contributed by atoms with Gasteiger partial charge in [-0.1, -0.05) is 6.07 Å². The molecule has 2 aliphatic rings. The van der Waals surface area contributed by atoms with E-state index in [2.05, 4.69) is 10.3 Å². The summed E-state index contributed by atoms with van der Waals surface area (Å²) in [4.78, 5) is 17.6. The number of allylic oxidation sites excluding steroid dienone is 2. The Kier molecular flexibility index (Phi) is 7.60. The van der Waals surface area contributed by atoms with Crippen LogP contribution < -0.4 is 16.8 Å². The van der Waals surface area contributed by atoms with E-state index in [1.54, 1.807) is 4.90 Å². The van der Waals surface area contributed by atoms with Gasteiger partial charge in [-0.25, -0.2) is 9.38 Å². The minimum absolute atomic E-state index is 0.0170. The van der Waals surface area contributed by atoms with Gasteiger partial charge in [-0.05, 0) is 24.1 Å². The highest BCUT2D eigenvalue weighted by atomic mass is 19.4. The molecule has 0 spiro atoms. The second-order valence-electron chi connectivity index (χ2n) is 7.99. The highest BCUT2D eigenvalue weighted by Crippen LogP contribution is 2.30. The number of nitrogens with one attached hydrogen (secondary N) is 2. The molecule has 3 rings (SSSR count). The molecule has 184 valence electrons. The molecule has 1 fully saturated rings. The molecule has 6 N–H and O–H groups in total. The van der Waals surface area contributed by atoms with Crippen molar-refractivity contribution in [2.75, 3.05) is 26.3 Å². The second kappa shape index (κ2) is 10.2. The quantitative estimate of drug-likeness (QED) is 0.281. The Hall–Kier alpha value is -3.41. The SMILES string of the molecule is CC(=O)N1CCC(NC2CCOC2)=C(C(N)=Nc2ccc(C(C=N)=C(N)C(F)(F)F)cc2F)C1. The van der Waals surface area contributed by atoms with Crippen molar-refractivity contribution in [2.45, 2.75) is 32.0 Å². The molecule has 1 aromatic rings. The monoisotopic (exact) mass is 482 g/mol. The number of amides is 1. The first kappa shape index (κ1) is 25.2. The lowest BCUT2D eigenvalue weighted by Gasteiger charge is -2.31. The maximum absolute atomic E-state index is 14.8. The van der Waals surface area contributed by atoms with E-state index in [-0.39, 0.29) is 35.6 Å². The fourth-order valence-corrected chi connectivity index (χ4v) is 3.75. The van der Waals surface area contributed by atoms with Gasteiger partial charge < -0.3 is 31.8 Å². The van der Waals surface area contributed by atoms with E-state index in [4.69, 9.17) is 21.6 Å². The molecule has 0 aromatic heterocycles. The van der Waals surface area contributed by atoms with Crippen molar-refractivity contribution >= 4 is 29.2 Å². The van der Waals surface area contributed by atoms with E-state index < -0.39 is 23.3 Å². The average Bonchev–Trinajstić information content (AvgIpc) is 3.28. The zero-order chi connectivity index (χ0) is 25.0. The lowest BCUT2D eigenvalue weighted by Crippen LogP contribution is -2.43. The van der Waals surface area contributed by atoms with Crippen LogP contribution in [-0.2, 0) is 9.53 Å². The molecule has 8 nitrogen and oxygen atoms in total. The Morgan fingerprint density at radius 3 is 2.65 bits per heavy atom. The Labute approximate surface area is 193 Å². The Morgan fingerprint density at radius 2 is 2.09 bits per heavy atom. The number of hydrogen-bond acceptors (Lipinski definition) is 6. The van der Waals surface area contributed by atoms with Gasteiger partial charge in [0, 0.05) is 49.6 Å². The summed E-state index contributed by atoms with van der Waals surface area (Å²) in [6.45, 7) is 3.28. The third-order valence-electron chi connectivity index (χ3n) is 5.65. The van der Waals surface area contributed by atoms with Gasteiger partial charge in [0.2, 0.25) is 5.91 Å². The third-order valence-corrected chi connectivity index (χ3v) is 5.65. The number of amidine groups is 1. The van der Waals surface area contributed by atoms with Crippen LogP contribution in [0.25, 0.3) is 5.57 Å². The van der Waals surface area contributed by atoms with Crippen molar-refractivity contribution in [1.29, 1.82) is 5.41 Å². The molecule has 12 heteroatoms. The van der Waals surface area contributed by atoms with Gasteiger partial charge in [0.1, 0.15) is 23.0 Å². The maximum Gasteiger partial charge on any atom is 0.431 e. The lowest BCUT2D eigenvalue weighted by molar-refractivity contribution is -0.128. The van der Waals surface area contributed by atoms with Crippen LogP contribution in [0.1, 0.15) is 25.3 Å². The molecule has 1 aromatic carbocycles. The summed E-state index contributed by atoms with van der Waals surface area (Å²) in [7, 11) is 0. The van der Waals surface area contributed by atoms with Gasteiger partial charge in [0.15, 0.2) is 0 Å². The van der Waals surface area contributed by atoms with Crippen LogP contribution in [0.15, 0.2) is 40.2 Å². The molecule has 1 atom stereocenters. The van der Waals surface area contributed by atoms with Crippen LogP contribution in [0.3, 0.4) is 0 Å². The number of carbonyl (C=O) groups excluding carboxylic acids is 1. The zero-order valence-corrected chi connectivity index (χ0v) is 18.5. The van der Waals surface area contributed by atoms with E-state index in [0.29, 0.717) is 38.0 Å². The van der Waals surface area contributed by atoms with Crippen LogP contribution >= 0.6 is 0 Å². The molecular formula is C22H26F4N6O2. The summed E-state index contributed by atoms with van der Waals surface area (Å²) in [5.74, 6) is -1.10. The van der Waals surface area contributed by atoms with Gasteiger partial charge in [0.05, 0.1) is 19.2 Å². The minimum Gasteiger partial charge on any atom is -0.394 e. The predicted molar refractivity (Wildman–Crippen MR) is 120 cm³/mol. The van der Waals surface area contributed by atoms with Crippen molar-refractivity contribution in [3.63, 3.8) is 0 Å². The first-order valence-electron chi connectivity index (χ1n) is 10.5. The summed E-state index contributed by atoms with van der Waals surface area (Å²) < 4.78 is 59.0. The van der Waals surface area contributed by atoms with Crippen molar-refractivity contribution in [2.24, 2.45) is 16.5 Å². The fraction of sp³-hybridized carbons (Fsp3) is 0.409. The summed E-state index contributed by atoms with van der Waals surface area (Å²) in [5, 5.41) is 10.6. The number of rotatable bonds is 6. The predicted octanol–water partition coefficient (Wildman–Crippen LogP) is 2.58. The Morgan fingerprint density at radius 1 is 1.35 bits per heavy atom. The number of ether oxygens (including phenoxy) is 1. The van der Waals surface area contributed by atoms with E-state index in [0.717, 1.165) is 24.3 Å². The largest absolute Gasteiger partial charge is 0.431 e. The van der Waals surface area contributed by atoms with Crippen molar-refractivity contribution < 1.29 is 27.1 Å². The van der Waals surface area contributed by atoms with Crippen LogP contribution in [-0.4, -0.2) is 61.4 Å². The van der Waals surface area contributed by atoms with Crippen molar-refractivity contribution in [3.05, 3.63) is 46.5 Å². The molecule has 2 heterocycles. The van der Waals surface area contributed by atoms with Crippen LogP contribution in [0.2, 0.25) is 0 Å². The van der Waals surface area contributed by atoms with E-state index >= 15 is 0 Å². The minimum atomic E-state index is -4.87. The number of benzene rings is 1. The third kappa shape index (κ3) is 5.74. The van der Waals surface area contributed by atoms with Gasteiger partial charge in [-0.2, -0.15) is 13.2 Å². The van der Waals surface area contributed by atoms with Crippen LogP contribution in [0, 0.1) is 11.2 Å². The first-order valence-corrected chi connectivity index (χ1v) is 10.5. The Bertz CT molecular complexity index is 1060.